The second kappa shape index (κ2) is 4.16. The minimum Gasteiger partial charge on any atom is -0.331 e. The maximum atomic E-state index is 12.1. The van der Waals surface area contributed by atoms with Gasteiger partial charge >= 0.3 is 12.1 Å². The standard InChI is InChI=1S/C8H13F3N2O/c1-6-5-12-3-2-4-13(6)7(14)8(9,10)11/h6,12H,2-5H2,1H3. The van der Waals surface area contributed by atoms with Gasteiger partial charge in [0.15, 0.2) is 0 Å². The molecule has 1 N–H and O–H groups in total. The number of nitrogens with one attached hydrogen (secondary N) is 1. The fourth-order valence-corrected chi connectivity index (χ4v) is 1.48. The van der Waals surface area contributed by atoms with Crippen LogP contribution in [-0.2, 0) is 4.79 Å². The quantitative estimate of drug-likeness (QED) is 0.640. The van der Waals surface area contributed by atoms with Crippen LogP contribution in [0, 0.1) is 0 Å². The molecule has 1 unspecified atom stereocenters. The molecule has 0 spiro atoms. The molecule has 1 amide bonds. The highest BCUT2D eigenvalue weighted by Gasteiger charge is 2.43. The summed E-state index contributed by atoms with van der Waals surface area (Å²) < 4.78 is 36.4. The van der Waals surface area contributed by atoms with Gasteiger partial charge in [-0.05, 0) is 19.9 Å². The number of carbonyl (C=O) groups excluding carboxylic acids is 1. The Balaban J connectivity index is 2.69. The largest absolute Gasteiger partial charge is 0.471 e. The molecule has 1 aliphatic rings. The highest BCUT2D eigenvalue weighted by Crippen LogP contribution is 2.20. The van der Waals surface area contributed by atoms with Crippen LogP contribution in [-0.4, -0.2) is 42.7 Å². The minimum absolute atomic E-state index is 0.173. The van der Waals surface area contributed by atoms with Crippen molar-refractivity contribution < 1.29 is 18.0 Å². The SMILES string of the molecule is CC1CNCCCN1C(=O)C(F)(F)F. The minimum atomic E-state index is -4.75. The molecule has 6 heteroatoms. The van der Waals surface area contributed by atoms with E-state index in [0.717, 1.165) is 4.90 Å². The molecule has 1 saturated heterocycles. The predicted molar refractivity (Wildman–Crippen MR) is 44.7 cm³/mol. The van der Waals surface area contributed by atoms with Crippen LogP contribution in [0.3, 0.4) is 0 Å². The van der Waals surface area contributed by atoms with Crippen LogP contribution >= 0.6 is 0 Å². The summed E-state index contributed by atoms with van der Waals surface area (Å²) in [7, 11) is 0. The number of alkyl halides is 3. The van der Waals surface area contributed by atoms with E-state index in [1.165, 1.54) is 0 Å². The molecule has 0 radical (unpaired) electrons. The third-order valence-corrected chi connectivity index (χ3v) is 2.23. The van der Waals surface area contributed by atoms with Crippen LogP contribution in [0.4, 0.5) is 13.2 Å². The van der Waals surface area contributed by atoms with E-state index in [9.17, 15) is 18.0 Å². The first kappa shape index (κ1) is 11.3. The van der Waals surface area contributed by atoms with Crippen LogP contribution < -0.4 is 5.32 Å². The Bertz CT molecular complexity index is 217. The zero-order valence-electron chi connectivity index (χ0n) is 7.90. The Labute approximate surface area is 80.3 Å². The van der Waals surface area contributed by atoms with Gasteiger partial charge in [0.25, 0.3) is 0 Å². The van der Waals surface area contributed by atoms with Crippen LogP contribution in [0.2, 0.25) is 0 Å². The lowest BCUT2D eigenvalue weighted by Crippen LogP contribution is -2.47. The molecule has 1 aliphatic heterocycles. The Kier molecular flexibility index (Phi) is 3.36. The molecule has 0 aromatic heterocycles. The second-order valence-corrected chi connectivity index (χ2v) is 3.40. The Morgan fingerprint density at radius 3 is 2.71 bits per heavy atom. The fraction of sp³-hybridized carbons (Fsp3) is 0.875. The number of nitrogens with zero attached hydrogens (tertiary/aromatic N) is 1. The third kappa shape index (κ3) is 2.60. The number of hydrogen-bond acceptors (Lipinski definition) is 2. The van der Waals surface area contributed by atoms with Crippen molar-refractivity contribution in [3.8, 4) is 0 Å². The van der Waals surface area contributed by atoms with Crippen molar-refractivity contribution in [1.29, 1.82) is 0 Å². The maximum Gasteiger partial charge on any atom is 0.471 e. The van der Waals surface area contributed by atoms with Crippen LogP contribution in [0.15, 0.2) is 0 Å². The molecule has 3 nitrogen and oxygen atoms in total. The Hall–Kier alpha value is -0.780. The Morgan fingerprint density at radius 1 is 1.50 bits per heavy atom. The average Bonchev–Trinajstić information content (AvgIpc) is 2.27. The first-order valence-electron chi connectivity index (χ1n) is 4.51. The zero-order valence-corrected chi connectivity index (χ0v) is 7.90. The first-order chi connectivity index (χ1) is 6.43. The van der Waals surface area contributed by atoms with Crippen molar-refractivity contribution in [2.24, 2.45) is 0 Å². The third-order valence-electron chi connectivity index (χ3n) is 2.23. The molecule has 0 saturated carbocycles. The molecule has 0 aromatic carbocycles. The van der Waals surface area contributed by atoms with Gasteiger partial charge in [-0.15, -0.1) is 0 Å². The van der Waals surface area contributed by atoms with Crippen molar-refractivity contribution in [2.45, 2.75) is 25.6 Å². The number of hydrogen-bond donors (Lipinski definition) is 1. The van der Waals surface area contributed by atoms with Gasteiger partial charge in [0.1, 0.15) is 0 Å². The molecule has 1 atom stereocenters. The van der Waals surface area contributed by atoms with E-state index in [4.69, 9.17) is 0 Å². The lowest BCUT2D eigenvalue weighted by molar-refractivity contribution is -0.187. The second-order valence-electron chi connectivity index (χ2n) is 3.40. The maximum absolute atomic E-state index is 12.1. The number of carbonyl (C=O) groups is 1. The van der Waals surface area contributed by atoms with Crippen molar-refractivity contribution in [3.63, 3.8) is 0 Å². The van der Waals surface area contributed by atoms with Crippen LogP contribution in [0.25, 0.3) is 0 Å². The van der Waals surface area contributed by atoms with Crippen LogP contribution in [0.1, 0.15) is 13.3 Å². The topological polar surface area (TPSA) is 32.3 Å². The molecule has 0 aromatic rings. The van der Waals surface area contributed by atoms with E-state index in [1.54, 1.807) is 6.92 Å². The van der Waals surface area contributed by atoms with E-state index in [1.807, 2.05) is 0 Å². The summed E-state index contributed by atoms with van der Waals surface area (Å²) in [5, 5.41) is 2.97. The van der Waals surface area contributed by atoms with Gasteiger partial charge in [0, 0.05) is 19.1 Å². The number of halogens is 3. The van der Waals surface area contributed by atoms with Gasteiger partial charge in [-0.25, -0.2) is 0 Å². The number of amides is 1. The molecular formula is C8H13F3N2O. The van der Waals surface area contributed by atoms with E-state index in [-0.39, 0.29) is 6.54 Å². The monoisotopic (exact) mass is 210 g/mol. The summed E-state index contributed by atoms with van der Waals surface area (Å²) in [6.45, 7) is 2.86. The lowest BCUT2D eigenvalue weighted by Gasteiger charge is -2.27. The van der Waals surface area contributed by atoms with Crippen LogP contribution in [0.5, 0.6) is 0 Å². The predicted octanol–water partition coefficient (Wildman–Crippen LogP) is 0.759. The van der Waals surface area contributed by atoms with Gasteiger partial charge in [-0.1, -0.05) is 0 Å². The van der Waals surface area contributed by atoms with Gasteiger partial charge in [0.2, 0.25) is 0 Å². The zero-order chi connectivity index (χ0) is 10.8. The van der Waals surface area contributed by atoms with Gasteiger partial charge in [-0.2, -0.15) is 13.2 Å². The molecular weight excluding hydrogens is 197 g/mol. The molecule has 1 heterocycles. The number of rotatable bonds is 0. The molecule has 0 bridgehead atoms. The molecule has 1 fully saturated rings. The van der Waals surface area contributed by atoms with Crippen molar-refractivity contribution >= 4 is 5.91 Å². The lowest BCUT2D eigenvalue weighted by atomic mass is 10.2. The van der Waals surface area contributed by atoms with Gasteiger partial charge in [0.05, 0.1) is 0 Å². The highest BCUT2D eigenvalue weighted by molar-refractivity contribution is 5.82. The summed E-state index contributed by atoms with van der Waals surface area (Å²) in [5.41, 5.74) is 0. The summed E-state index contributed by atoms with van der Waals surface area (Å²) in [4.78, 5) is 11.8. The Morgan fingerprint density at radius 2 is 2.14 bits per heavy atom. The summed E-state index contributed by atoms with van der Waals surface area (Å²) >= 11 is 0. The average molecular weight is 210 g/mol. The molecule has 14 heavy (non-hydrogen) atoms. The summed E-state index contributed by atoms with van der Waals surface area (Å²) in [5.74, 6) is -1.73. The normalized spacial score (nSPS) is 24.6. The van der Waals surface area contributed by atoms with Gasteiger partial charge < -0.3 is 10.2 Å². The smallest absolute Gasteiger partial charge is 0.331 e. The van der Waals surface area contributed by atoms with E-state index in [2.05, 4.69) is 5.32 Å². The summed E-state index contributed by atoms with van der Waals surface area (Å²) in [6.07, 6.45) is -4.19. The first-order valence-corrected chi connectivity index (χ1v) is 4.51. The molecule has 1 rings (SSSR count). The van der Waals surface area contributed by atoms with Crippen molar-refractivity contribution in [3.05, 3.63) is 0 Å². The fourth-order valence-electron chi connectivity index (χ4n) is 1.48. The molecule has 0 aliphatic carbocycles. The highest BCUT2D eigenvalue weighted by atomic mass is 19.4. The van der Waals surface area contributed by atoms with Gasteiger partial charge in [-0.3, -0.25) is 4.79 Å². The van der Waals surface area contributed by atoms with E-state index < -0.39 is 18.1 Å². The molecule has 82 valence electrons. The van der Waals surface area contributed by atoms with Crippen molar-refractivity contribution in [1.82, 2.24) is 10.2 Å². The summed E-state index contributed by atoms with van der Waals surface area (Å²) in [6, 6.07) is -0.397. The van der Waals surface area contributed by atoms with E-state index >= 15 is 0 Å². The van der Waals surface area contributed by atoms with Crippen molar-refractivity contribution in [2.75, 3.05) is 19.6 Å². The van der Waals surface area contributed by atoms with E-state index in [0.29, 0.717) is 19.5 Å².